The monoisotopic (exact) mass is 424 g/mol. The van der Waals surface area contributed by atoms with E-state index in [1.54, 1.807) is 11.9 Å². The van der Waals surface area contributed by atoms with E-state index in [1.807, 2.05) is 45.9 Å². The minimum Gasteiger partial charge on any atom is -0.496 e. The molecule has 0 unspecified atom stereocenters. The van der Waals surface area contributed by atoms with Gasteiger partial charge in [-0.2, -0.15) is 4.80 Å². The van der Waals surface area contributed by atoms with Crippen molar-refractivity contribution in [3.63, 3.8) is 0 Å². The standard InChI is InChI=1S/C23H32N6O2/c1-15(2)22-26-24-20(31-22)14-23(5,6)12-8-9-17-13-18(10-11-19(17)30-7)21-25-28-29(27-21)16(3)4/h8-11,13,15-16H,12,14H2,1-7H3/b9-8+. The van der Waals surface area contributed by atoms with Crippen molar-refractivity contribution in [2.45, 2.75) is 66.3 Å². The highest BCUT2D eigenvalue weighted by Crippen LogP contribution is 2.29. The summed E-state index contributed by atoms with van der Waals surface area (Å²) in [5, 5.41) is 21.1. The molecular formula is C23H32N6O2. The second kappa shape index (κ2) is 9.41. The minimum absolute atomic E-state index is 0.0242. The maximum absolute atomic E-state index is 5.78. The molecule has 0 saturated heterocycles. The summed E-state index contributed by atoms with van der Waals surface area (Å²) in [4.78, 5) is 1.61. The first-order valence-electron chi connectivity index (χ1n) is 10.7. The lowest BCUT2D eigenvalue weighted by Gasteiger charge is -2.20. The van der Waals surface area contributed by atoms with Crippen LogP contribution in [0.3, 0.4) is 0 Å². The largest absolute Gasteiger partial charge is 0.496 e. The first-order chi connectivity index (χ1) is 14.7. The predicted octanol–water partition coefficient (Wildman–Crippen LogP) is 5.11. The van der Waals surface area contributed by atoms with Gasteiger partial charge in [0.1, 0.15) is 5.75 Å². The number of ether oxygens (including phenoxy) is 1. The molecule has 8 heteroatoms. The van der Waals surface area contributed by atoms with Gasteiger partial charge in [0.25, 0.3) is 0 Å². The molecule has 31 heavy (non-hydrogen) atoms. The summed E-state index contributed by atoms with van der Waals surface area (Å²) < 4.78 is 11.3. The third-order valence-electron chi connectivity index (χ3n) is 4.95. The fraction of sp³-hybridized carbons (Fsp3) is 0.522. The Kier molecular flexibility index (Phi) is 6.87. The lowest BCUT2D eigenvalue weighted by Crippen LogP contribution is -2.14. The van der Waals surface area contributed by atoms with Gasteiger partial charge in [0, 0.05) is 23.5 Å². The summed E-state index contributed by atoms with van der Waals surface area (Å²) in [5.41, 5.74) is 1.85. The fourth-order valence-electron chi connectivity index (χ4n) is 3.12. The van der Waals surface area contributed by atoms with Gasteiger partial charge in [-0.25, -0.2) is 0 Å². The first-order valence-corrected chi connectivity index (χ1v) is 10.7. The molecule has 0 bridgehead atoms. The van der Waals surface area contributed by atoms with E-state index >= 15 is 0 Å². The second-order valence-corrected chi connectivity index (χ2v) is 9.12. The number of benzene rings is 1. The zero-order chi connectivity index (χ0) is 22.6. The Morgan fingerprint density at radius 1 is 1.13 bits per heavy atom. The van der Waals surface area contributed by atoms with Gasteiger partial charge in [-0.3, -0.25) is 0 Å². The van der Waals surface area contributed by atoms with Crippen LogP contribution in [0.5, 0.6) is 5.75 Å². The molecule has 0 aliphatic heterocycles. The SMILES string of the molecule is COc1ccc(-c2nnn(C(C)C)n2)cc1/C=C/CC(C)(C)Cc1nnc(C(C)C)o1. The van der Waals surface area contributed by atoms with Gasteiger partial charge >= 0.3 is 0 Å². The van der Waals surface area contributed by atoms with Gasteiger partial charge in [-0.1, -0.05) is 39.8 Å². The van der Waals surface area contributed by atoms with Crippen LogP contribution in [0.25, 0.3) is 17.5 Å². The van der Waals surface area contributed by atoms with Gasteiger partial charge in [-0.15, -0.1) is 20.4 Å². The molecule has 0 aliphatic carbocycles. The molecule has 0 spiro atoms. The summed E-state index contributed by atoms with van der Waals surface area (Å²) in [5.74, 6) is 3.00. The Hall–Kier alpha value is -3.03. The van der Waals surface area contributed by atoms with Gasteiger partial charge in [0.2, 0.25) is 17.6 Å². The summed E-state index contributed by atoms with van der Waals surface area (Å²) >= 11 is 0. The zero-order valence-corrected chi connectivity index (χ0v) is 19.5. The van der Waals surface area contributed by atoms with Crippen molar-refractivity contribution < 1.29 is 9.15 Å². The Labute approximate surface area is 183 Å². The van der Waals surface area contributed by atoms with E-state index < -0.39 is 0 Å². The summed E-state index contributed by atoms with van der Waals surface area (Å²) in [6.07, 6.45) is 5.79. The van der Waals surface area contributed by atoms with E-state index in [2.05, 4.69) is 51.6 Å². The van der Waals surface area contributed by atoms with Crippen LogP contribution in [0.4, 0.5) is 0 Å². The molecule has 0 N–H and O–H groups in total. The van der Waals surface area contributed by atoms with Crippen LogP contribution in [0.15, 0.2) is 28.7 Å². The van der Waals surface area contributed by atoms with E-state index in [0.29, 0.717) is 17.6 Å². The topological polar surface area (TPSA) is 91.8 Å². The molecule has 0 fully saturated rings. The summed E-state index contributed by atoms with van der Waals surface area (Å²) in [6.45, 7) is 12.5. The molecule has 0 atom stereocenters. The molecule has 3 aromatic rings. The van der Waals surface area contributed by atoms with E-state index in [9.17, 15) is 0 Å². The second-order valence-electron chi connectivity index (χ2n) is 9.12. The number of methoxy groups -OCH3 is 1. The van der Waals surface area contributed by atoms with E-state index in [1.165, 1.54) is 0 Å². The number of rotatable bonds is 9. The molecule has 2 heterocycles. The molecular weight excluding hydrogens is 392 g/mol. The zero-order valence-electron chi connectivity index (χ0n) is 19.5. The van der Waals surface area contributed by atoms with Crippen LogP contribution in [-0.4, -0.2) is 37.5 Å². The van der Waals surface area contributed by atoms with E-state index in [0.717, 1.165) is 29.7 Å². The van der Waals surface area contributed by atoms with E-state index in [4.69, 9.17) is 9.15 Å². The Bertz CT molecular complexity index is 1030. The lowest BCUT2D eigenvalue weighted by atomic mass is 9.85. The molecule has 1 aromatic carbocycles. The summed E-state index contributed by atoms with van der Waals surface area (Å²) in [7, 11) is 1.67. The quantitative estimate of drug-likeness (QED) is 0.471. The maximum Gasteiger partial charge on any atom is 0.219 e. The van der Waals surface area contributed by atoms with Crippen molar-refractivity contribution in [1.82, 2.24) is 30.4 Å². The fourth-order valence-corrected chi connectivity index (χ4v) is 3.12. The highest BCUT2D eigenvalue weighted by atomic mass is 16.5. The van der Waals surface area contributed by atoms with Crippen LogP contribution in [0.1, 0.15) is 77.3 Å². The number of nitrogens with zero attached hydrogens (tertiary/aromatic N) is 6. The molecule has 0 amide bonds. The molecule has 2 aromatic heterocycles. The number of hydrogen-bond acceptors (Lipinski definition) is 7. The predicted molar refractivity (Wildman–Crippen MR) is 120 cm³/mol. The molecule has 166 valence electrons. The van der Waals surface area contributed by atoms with Gasteiger partial charge in [0.05, 0.1) is 13.2 Å². The van der Waals surface area contributed by atoms with Crippen molar-refractivity contribution in [3.8, 4) is 17.1 Å². The number of hydrogen-bond donors (Lipinski definition) is 0. The third kappa shape index (κ3) is 5.77. The van der Waals surface area contributed by atoms with Crippen LogP contribution in [0.2, 0.25) is 0 Å². The van der Waals surface area contributed by atoms with Gasteiger partial charge in [-0.05, 0) is 49.1 Å². The average Bonchev–Trinajstić information content (AvgIpc) is 3.37. The lowest BCUT2D eigenvalue weighted by molar-refractivity contribution is 0.316. The van der Waals surface area contributed by atoms with E-state index in [-0.39, 0.29) is 17.4 Å². The molecule has 8 nitrogen and oxygen atoms in total. The Morgan fingerprint density at radius 3 is 2.52 bits per heavy atom. The normalized spacial score (nSPS) is 12.4. The Balaban J connectivity index is 1.73. The molecule has 0 radical (unpaired) electrons. The third-order valence-corrected chi connectivity index (χ3v) is 4.95. The average molecular weight is 425 g/mol. The highest BCUT2D eigenvalue weighted by Gasteiger charge is 2.21. The highest BCUT2D eigenvalue weighted by molar-refractivity contribution is 5.66. The van der Waals surface area contributed by atoms with Crippen molar-refractivity contribution in [3.05, 3.63) is 41.6 Å². The van der Waals surface area contributed by atoms with Crippen LogP contribution in [0, 0.1) is 5.41 Å². The molecule has 0 aliphatic rings. The number of aromatic nitrogens is 6. The molecule has 0 saturated carbocycles. The van der Waals surface area contributed by atoms with Crippen LogP contribution < -0.4 is 4.74 Å². The van der Waals surface area contributed by atoms with Crippen LogP contribution in [-0.2, 0) is 6.42 Å². The van der Waals surface area contributed by atoms with Gasteiger partial charge in [0.15, 0.2) is 0 Å². The number of tetrazole rings is 1. The summed E-state index contributed by atoms with van der Waals surface area (Å²) in [6, 6.07) is 6.07. The van der Waals surface area contributed by atoms with Crippen molar-refractivity contribution in [1.29, 1.82) is 0 Å². The smallest absolute Gasteiger partial charge is 0.219 e. The minimum atomic E-state index is -0.0242. The molecule has 3 rings (SSSR count). The first kappa shape index (κ1) is 22.7. The van der Waals surface area contributed by atoms with Crippen molar-refractivity contribution in [2.75, 3.05) is 7.11 Å². The van der Waals surface area contributed by atoms with Crippen molar-refractivity contribution in [2.24, 2.45) is 5.41 Å². The number of allylic oxidation sites excluding steroid dienone is 1. The van der Waals surface area contributed by atoms with Crippen molar-refractivity contribution >= 4 is 6.08 Å². The van der Waals surface area contributed by atoms with Crippen LogP contribution >= 0.6 is 0 Å². The Morgan fingerprint density at radius 2 is 1.90 bits per heavy atom. The maximum atomic E-state index is 5.78. The van der Waals surface area contributed by atoms with Gasteiger partial charge < -0.3 is 9.15 Å².